The van der Waals surface area contributed by atoms with Crippen LogP contribution in [0.4, 0.5) is 36.3 Å². The molecule has 0 bridgehead atoms. The van der Waals surface area contributed by atoms with Gasteiger partial charge in [0.15, 0.2) is 0 Å². The van der Waals surface area contributed by atoms with Crippen LogP contribution in [0.5, 0.6) is 5.75 Å². The minimum atomic E-state index is -4.51. The van der Waals surface area contributed by atoms with Crippen LogP contribution in [0.2, 0.25) is 0 Å². The first-order chi connectivity index (χ1) is 15.3. The number of piperazine rings is 1. The van der Waals surface area contributed by atoms with Gasteiger partial charge in [-0.15, -0.1) is 0 Å². The van der Waals surface area contributed by atoms with Gasteiger partial charge in [0.05, 0.1) is 23.7 Å². The number of anilines is 4. The van der Waals surface area contributed by atoms with Crippen molar-refractivity contribution < 1.29 is 17.9 Å². The Bertz CT molecular complexity index is 1090. The number of hydrogen-bond acceptors (Lipinski definition) is 7. The van der Waals surface area contributed by atoms with Crippen LogP contribution < -0.4 is 20.3 Å². The summed E-state index contributed by atoms with van der Waals surface area (Å²) in [6, 6.07) is 5.78. The Balaban J connectivity index is 1.65. The van der Waals surface area contributed by atoms with E-state index in [1.807, 2.05) is 18.2 Å². The molecule has 0 spiro atoms. The summed E-state index contributed by atoms with van der Waals surface area (Å²) in [5, 5.41) is 5.91. The Morgan fingerprint density at radius 3 is 2.56 bits per heavy atom. The number of alkyl halides is 3. The molecule has 1 aliphatic rings. The van der Waals surface area contributed by atoms with Gasteiger partial charge in [-0.3, -0.25) is 0 Å². The molecule has 8 nitrogen and oxygen atoms in total. The molecule has 0 saturated carbocycles. The van der Waals surface area contributed by atoms with Gasteiger partial charge in [0.2, 0.25) is 5.95 Å². The first-order valence-electron chi connectivity index (χ1n) is 10.4. The number of halogens is 3. The van der Waals surface area contributed by atoms with Crippen LogP contribution in [0, 0.1) is 0 Å². The number of nitrogens with zero attached hydrogens (tertiary/aromatic N) is 4. The molecule has 1 aromatic carbocycles. The lowest BCUT2D eigenvalue weighted by Gasteiger charge is -2.34. The molecule has 0 unspecified atom stereocenters. The van der Waals surface area contributed by atoms with Crippen molar-refractivity contribution in [2.24, 2.45) is 0 Å². The van der Waals surface area contributed by atoms with Crippen molar-refractivity contribution in [2.75, 3.05) is 62.4 Å². The average Bonchev–Trinajstić information content (AvgIpc) is 3.20. The highest BCUT2D eigenvalue weighted by molar-refractivity contribution is 5.92. The molecule has 0 radical (unpaired) electrons. The summed E-state index contributed by atoms with van der Waals surface area (Å²) in [7, 11) is 3.67. The van der Waals surface area contributed by atoms with E-state index in [4.69, 9.17) is 4.74 Å². The predicted molar refractivity (Wildman–Crippen MR) is 119 cm³/mol. The zero-order valence-electron chi connectivity index (χ0n) is 18.2. The van der Waals surface area contributed by atoms with Crippen molar-refractivity contribution in [2.45, 2.75) is 13.1 Å². The number of hydrogen-bond donors (Lipinski definition) is 3. The first-order valence-corrected chi connectivity index (χ1v) is 10.4. The maximum Gasteiger partial charge on any atom is 0.418 e. The maximum atomic E-state index is 13.4. The summed E-state index contributed by atoms with van der Waals surface area (Å²) in [5.41, 5.74) is 0.960. The van der Waals surface area contributed by atoms with Crippen LogP contribution in [0.1, 0.15) is 12.5 Å². The molecule has 4 rings (SSSR count). The molecule has 11 heteroatoms. The molecule has 0 aliphatic carbocycles. The Labute approximate surface area is 183 Å². The molecule has 3 N–H and O–H groups in total. The molecule has 0 amide bonds. The van der Waals surface area contributed by atoms with Crippen molar-refractivity contribution >= 4 is 34.2 Å². The summed E-state index contributed by atoms with van der Waals surface area (Å²) < 4.78 is 45.7. The number of H-pyrrole nitrogens is 1. The zero-order chi connectivity index (χ0) is 22.9. The lowest BCUT2D eigenvalue weighted by molar-refractivity contribution is -0.136. The fourth-order valence-electron chi connectivity index (χ4n) is 3.77. The Hall–Kier alpha value is -3.21. The third kappa shape index (κ3) is 4.38. The Morgan fingerprint density at radius 1 is 1.16 bits per heavy atom. The first kappa shape index (κ1) is 22.0. The summed E-state index contributed by atoms with van der Waals surface area (Å²) in [6.45, 7) is 6.02. The summed E-state index contributed by atoms with van der Waals surface area (Å²) in [6.07, 6.45) is -3.60. The van der Waals surface area contributed by atoms with E-state index >= 15 is 0 Å². The van der Waals surface area contributed by atoms with Gasteiger partial charge < -0.3 is 30.2 Å². The SMILES string of the molecule is CCNc1nc(Nc2ccc(N3CCN(C)CC3)cc2OC)nc2[nH]cc(C(F)(F)F)c12. The lowest BCUT2D eigenvalue weighted by Crippen LogP contribution is -2.44. The third-order valence-corrected chi connectivity index (χ3v) is 5.48. The number of benzene rings is 1. The molecular formula is C21H26F3N7O. The number of likely N-dealkylation sites (N-methyl/N-ethyl adjacent to an activating group) is 1. The van der Waals surface area contributed by atoms with E-state index in [1.54, 1.807) is 14.0 Å². The third-order valence-electron chi connectivity index (χ3n) is 5.48. The van der Waals surface area contributed by atoms with Crippen LogP contribution in [0.15, 0.2) is 24.4 Å². The van der Waals surface area contributed by atoms with E-state index in [0.29, 0.717) is 18.0 Å². The van der Waals surface area contributed by atoms with Gasteiger partial charge in [-0.1, -0.05) is 0 Å². The van der Waals surface area contributed by atoms with Gasteiger partial charge in [0.1, 0.15) is 17.2 Å². The highest BCUT2D eigenvalue weighted by Gasteiger charge is 2.35. The van der Waals surface area contributed by atoms with Crippen LogP contribution in [-0.4, -0.2) is 66.7 Å². The smallest absolute Gasteiger partial charge is 0.418 e. The quantitative estimate of drug-likeness (QED) is 0.526. The molecule has 32 heavy (non-hydrogen) atoms. The Kier molecular flexibility index (Phi) is 6.00. The fourth-order valence-corrected chi connectivity index (χ4v) is 3.77. The molecule has 3 aromatic rings. The standard InChI is InChI=1S/C21H26F3N7O/c1-4-25-18-17-14(21(22,23)24)12-26-19(17)29-20(28-18)27-15-6-5-13(11-16(15)32-3)31-9-7-30(2)8-10-31/h5-6,11-12H,4,7-10H2,1-3H3,(H3,25,26,27,28,29). The number of aromatic nitrogens is 3. The maximum absolute atomic E-state index is 13.4. The second-order valence-electron chi connectivity index (χ2n) is 7.65. The molecule has 1 aliphatic heterocycles. The second kappa shape index (κ2) is 8.73. The average molecular weight is 449 g/mol. The number of aromatic amines is 1. The van der Waals surface area contributed by atoms with Gasteiger partial charge in [-0.2, -0.15) is 23.1 Å². The molecule has 172 valence electrons. The molecular weight excluding hydrogens is 423 g/mol. The number of methoxy groups -OCH3 is 1. The van der Waals surface area contributed by atoms with Crippen LogP contribution in [0.25, 0.3) is 11.0 Å². The lowest BCUT2D eigenvalue weighted by atomic mass is 10.2. The largest absolute Gasteiger partial charge is 0.494 e. The van der Waals surface area contributed by atoms with Gasteiger partial charge in [-0.25, -0.2) is 0 Å². The number of rotatable bonds is 6. The minimum absolute atomic E-state index is 0.0812. The van der Waals surface area contributed by atoms with E-state index in [0.717, 1.165) is 38.1 Å². The summed E-state index contributed by atoms with van der Waals surface area (Å²) >= 11 is 0. The van der Waals surface area contributed by atoms with Crippen LogP contribution in [-0.2, 0) is 6.18 Å². The van der Waals surface area contributed by atoms with E-state index in [2.05, 4.69) is 42.4 Å². The topological polar surface area (TPSA) is 81.3 Å². The monoisotopic (exact) mass is 449 g/mol. The molecule has 1 saturated heterocycles. The van der Waals surface area contributed by atoms with Crippen molar-refractivity contribution in [3.8, 4) is 5.75 Å². The van der Waals surface area contributed by atoms with Gasteiger partial charge in [-0.05, 0) is 26.1 Å². The molecule has 0 atom stereocenters. The molecule has 1 fully saturated rings. The second-order valence-corrected chi connectivity index (χ2v) is 7.65. The van der Waals surface area contributed by atoms with Crippen molar-refractivity contribution in [1.82, 2.24) is 19.9 Å². The van der Waals surface area contributed by atoms with Crippen LogP contribution in [0.3, 0.4) is 0 Å². The number of ether oxygens (including phenoxy) is 1. The number of nitrogens with one attached hydrogen (secondary N) is 3. The summed E-state index contributed by atoms with van der Waals surface area (Å²) in [4.78, 5) is 15.7. The highest BCUT2D eigenvalue weighted by atomic mass is 19.4. The number of fused-ring (bicyclic) bond motifs is 1. The van der Waals surface area contributed by atoms with E-state index in [9.17, 15) is 13.2 Å². The fraction of sp³-hybridized carbons (Fsp3) is 0.429. The van der Waals surface area contributed by atoms with E-state index < -0.39 is 11.7 Å². The summed E-state index contributed by atoms with van der Waals surface area (Å²) in [5.74, 6) is 0.869. The van der Waals surface area contributed by atoms with E-state index in [-0.39, 0.29) is 22.8 Å². The molecule has 3 heterocycles. The highest BCUT2D eigenvalue weighted by Crippen LogP contribution is 2.38. The van der Waals surface area contributed by atoms with E-state index in [1.165, 1.54) is 0 Å². The molecule has 2 aromatic heterocycles. The predicted octanol–water partition coefficient (Wildman–Crippen LogP) is 3.91. The van der Waals surface area contributed by atoms with Gasteiger partial charge >= 0.3 is 6.18 Å². The van der Waals surface area contributed by atoms with Crippen molar-refractivity contribution in [1.29, 1.82) is 0 Å². The van der Waals surface area contributed by atoms with Crippen molar-refractivity contribution in [3.05, 3.63) is 30.0 Å². The Morgan fingerprint density at radius 2 is 1.91 bits per heavy atom. The van der Waals surface area contributed by atoms with Gasteiger partial charge in [0, 0.05) is 50.7 Å². The minimum Gasteiger partial charge on any atom is -0.494 e. The van der Waals surface area contributed by atoms with Gasteiger partial charge in [0.25, 0.3) is 0 Å². The normalized spacial score (nSPS) is 15.2. The van der Waals surface area contributed by atoms with Crippen molar-refractivity contribution in [3.63, 3.8) is 0 Å². The zero-order valence-corrected chi connectivity index (χ0v) is 18.2. The van der Waals surface area contributed by atoms with Crippen LogP contribution >= 0.6 is 0 Å².